The van der Waals surface area contributed by atoms with Crippen LogP contribution in [0.25, 0.3) is 0 Å². The van der Waals surface area contributed by atoms with Crippen molar-refractivity contribution in [3.63, 3.8) is 0 Å². The second kappa shape index (κ2) is 18.1. The van der Waals surface area contributed by atoms with Crippen molar-refractivity contribution in [2.75, 3.05) is 0 Å². The predicted molar refractivity (Wildman–Crippen MR) is 133 cm³/mol. The minimum Gasteiger partial charge on any atom is -0.481 e. The molecular formula is C28H50O4. The van der Waals surface area contributed by atoms with Gasteiger partial charge in [-0.05, 0) is 31.6 Å². The van der Waals surface area contributed by atoms with Crippen LogP contribution in [0.2, 0.25) is 0 Å². The van der Waals surface area contributed by atoms with Crippen LogP contribution in [-0.2, 0) is 14.3 Å². The standard InChI is InChI=1S/C28H50O4/c1-4-6-7-8-9-10-11-12-13-14-15-16-17-22-26(23(3)5-2)32-28(31)25-21-19-18-20-24(25)27(29)30/h18-19,23-26H,4-17,20-22H2,1-3H3,(H,29,30). The number of esters is 1. The van der Waals surface area contributed by atoms with E-state index in [0.717, 1.165) is 19.3 Å². The molecule has 0 bridgehead atoms. The Morgan fingerprint density at radius 3 is 1.75 bits per heavy atom. The summed E-state index contributed by atoms with van der Waals surface area (Å²) >= 11 is 0. The van der Waals surface area contributed by atoms with Crippen molar-refractivity contribution in [1.29, 1.82) is 0 Å². The lowest BCUT2D eigenvalue weighted by atomic mass is 9.83. The van der Waals surface area contributed by atoms with Crippen molar-refractivity contribution in [1.82, 2.24) is 0 Å². The van der Waals surface area contributed by atoms with E-state index < -0.39 is 17.8 Å². The molecule has 0 spiro atoms. The molecule has 4 heteroatoms. The van der Waals surface area contributed by atoms with E-state index in [9.17, 15) is 14.7 Å². The number of carboxylic acid groups (broad SMARTS) is 1. The fraction of sp³-hybridized carbons (Fsp3) is 0.857. The number of aliphatic carboxylic acids is 1. The summed E-state index contributed by atoms with van der Waals surface area (Å²) in [4.78, 5) is 24.3. The number of unbranched alkanes of at least 4 members (excludes halogenated alkanes) is 12. The molecule has 4 nitrogen and oxygen atoms in total. The van der Waals surface area contributed by atoms with Gasteiger partial charge < -0.3 is 9.84 Å². The molecule has 0 aliphatic heterocycles. The Morgan fingerprint density at radius 1 is 0.812 bits per heavy atom. The highest BCUT2D eigenvalue weighted by atomic mass is 16.5. The van der Waals surface area contributed by atoms with Gasteiger partial charge in [0.2, 0.25) is 0 Å². The predicted octanol–water partition coefficient (Wildman–Crippen LogP) is 8.09. The molecule has 0 radical (unpaired) electrons. The van der Waals surface area contributed by atoms with Gasteiger partial charge in [0.25, 0.3) is 0 Å². The lowest BCUT2D eigenvalue weighted by molar-refractivity contribution is -0.164. The zero-order valence-corrected chi connectivity index (χ0v) is 21.2. The molecule has 0 aromatic carbocycles. The van der Waals surface area contributed by atoms with Crippen molar-refractivity contribution >= 4 is 11.9 Å². The molecule has 0 aromatic rings. The third kappa shape index (κ3) is 12.1. The quantitative estimate of drug-likeness (QED) is 0.123. The summed E-state index contributed by atoms with van der Waals surface area (Å²) in [6, 6.07) is 0. The van der Waals surface area contributed by atoms with E-state index >= 15 is 0 Å². The van der Waals surface area contributed by atoms with Gasteiger partial charge in [0.05, 0.1) is 11.8 Å². The highest BCUT2D eigenvalue weighted by Gasteiger charge is 2.36. The third-order valence-corrected chi connectivity index (χ3v) is 7.19. The van der Waals surface area contributed by atoms with Gasteiger partial charge in [-0.15, -0.1) is 0 Å². The van der Waals surface area contributed by atoms with Crippen LogP contribution in [0.5, 0.6) is 0 Å². The van der Waals surface area contributed by atoms with E-state index in [1.54, 1.807) is 0 Å². The smallest absolute Gasteiger partial charge is 0.310 e. The maximum Gasteiger partial charge on any atom is 0.310 e. The van der Waals surface area contributed by atoms with Crippen molar-refractivity contribution in [3.05, 3.63) is 12.2 Å². The van der Waals surface area contributed by atoms with Gasteiger partial charge in [-0.3, -0.25) is 9.59 Å². The normalized spacial score (nSPS) is 20.1. The van der Waals surface area contributed by atoms with E-state index in [0.29, 0.717) is 18.8 Å². The molecule has 1 N–H and O–H groups in total. The fourth-order valence-corrected chi connectivity index (χ4v) is 4.67. The number of carboxylic acids is 1. The summed E-state index contributed by atoms with van der Waals surface area (Å²) in [5.74, 6) is -2.11. The average Bonchev–Trinajstić information content (AvgIpc) is 2.80. The zero-order valence-electron chi connectivity index (χ0n) is 21.2. The van der Waals surface area contributed by atoms with Crippen molar-refractivity contribution < 1.29 is 19.4 Å². The van der Waals surface area contributed by atoms with Crippen molar-refractivity contribution in [2.24, 2.45) is 17.8 Å². The molecule has 1 aliphatic rings. The molecule has 186 valence electrons. The molecular weight excluding hydrogens is 400 g/mol. The number of carbonyl (C=O) groups is 2. The molecule has 4 atom stereocenters. The topological polar surface area (TPSA) is 63.6 Å². The molecule has 1 aliphatic carbocycles. The van der Waals surface area contributed by atoms with Gasteiger partial charge >= 0.3 is 11.9 Å². The largest absolute Gasteiger partial charge is 0.481 e. The molecule has 0 amide bonds. The second-order valence-corrected chi connectivity index (χ2v) is 9.89. The fourth-order valence-electron chi connectivity index (χ4n) is 4.67. The monoisotopic (exact) mass is 450 g/mol. The van der Waals surface area contributed by atoms with Crippen LogP contribution in [0.1, 0.15) is 130 Å². The average molecular weight is 451 g/mol. The second-order valence-electron chi connectivity index (χ2n) is 9.89. The Kier molecular flexibility index (Phi) is 16.3. The lowest BCUT2D eigenvalue weighted by Gasteiger charge is -2.28. The van der Waals surface area contributed by atoms with Crippen LogP contribution in [0.4, 0.5) is 0 Å². The molecule has 0 saturated carbocycles. The molecule has 0 saturated heterocycles. The Bertz CT molecular complexity index is 528. The number of rotatable bonds is 19. The number of hydrogen-bond acceptors (Lipinski definition) is 3. The van der Waals surface area contributed by atoms with Crippen LogP contribution in [0.15, 0.2) is 12.2 Å². The maximum absolute atomic E-state index is 12.8. The Balaban J connectivity index is 2.21. The summed E-state index contributed by atoms with van der Waals surface area (Å²) < 4.78 is 5.89. The summed E-state index contributed by atoms with van der Waals surface area (Å²) in [7, 11) is 0. The van der Waals surface area contributed by atoms with Gasteiger partial charge in [0.1, 0.15) is 6.10 Å². The Hall–Kier alpha value is -1.32. The highest BCUT2D eigenvalue weighted by Crippen LogP contribution is 2.29. The summed E-state index contributed by atoms with van der Waals surface area (Å²) in [6.45, 7) is 6.53. The minimum atomic E-state index is -0.895. The summed E-state index contributed by atoms with van der Waals surface area (Å²) in [5, 5.41) is 9.44. The van der Waals surface area contributed by atoms with E-state index in [2.05, 4.69) is 20.8 Å². The van der Waals surface area contributed by atoms with Gasteiger partial charge in [0, 0.05) is 0 Å². The SMILES string of the molecule is CCCCCCCCCCCCCCCC(OC(=O)C1CC=CCC1C(=O)O)C(C)CC. The van der Waals surface area contributed by atoms with E-state index in [1.165, 1.54) is 77.0 Å². The van der Waals surface area contributed by atoms with Crippen molar-refractivity contribution in [2.45, 2.75) is 136 Å². The molecule has 0 aromatic heterocycles. The zero-order chi connectivity index (χ0) is 23.6. The van der Waals surface area contributed by atoms with Crippen LogP contribution < -0.4 is 0 Å². The molecule has 32 heavy (non-hydrogen) atoms. The molecule has 0 heterocycles. The van der Waals surface area contributed by atoms with Crippen LogP contribution in [-0.4, -0.2) is 23.1 Å². The van der Waals surface area contributed by atoms with E-state index in [4.69, 9.17) is 4.74 Å². The van der Waals surface area contributed by atoms with Crippen LogP contribution in [0.3, 0.4) is 0 Å². The first-order chi connectivity index (χ1) is 15.5. The van der Waals surface area contributed by atoms with Crippen LogP contribution >= 0.6 is 0 Å². The highest BCUT2D eigenvalue weighted by molar-refractivity contribution is 5.81. The van der Waals surface area contributed by atoms with Gasteiger partial charge in [0.15, 0.2) is 0 Å². The maximum atomic E-state index is 12.8. The Morgan fingerprint density at radius 2 is 1.28 bits per heavy atom. The first kappa shape index (κ1) is 28.7. The number of carbonyl (C=O) groups excluding carboxylic acids is 1. The van der Waals surface area contributed by atoms with Crippen molar-refractivity contribution in [3.8, 4) is 0 Å². The Labute approximate surface area is 197 Å². The van der Waals surface area contributed by atoms with Gasteiger partial charge in [-0.25, -0.2) is 0 Å². The molecule has 1 rings (SSSR count). The molecule has 4 unspecified atom stereocenters. The lowest BCUT2D eigenvalue weighted by Crippen LogP contribution is -2.36. The first-order valence-corrected chi connectivity index (χ1v) is 13.6. The van der Waals surface area contributed by atoms with Crippen LogP contribution in [0, 0.1) is 17.8 Å². The van der Waals surface area contributed by atoms with Gasteiger partial charge in [-0.2, -0.15) is 0 Å². The van der Waals surface area contributed by atoms with Gasteiger partial charge in [-0.1, -0.05) is 116 Å². The minimum absolute atomic E-state index is 0.0967. The van der Waals surface area contributed by atoms with E-state index in [-0.39, 0.29) is 12.1 Å². The number of ether oxygens (including phenoxy) is 1. The first-order valence-electron chi connectivity index (χ1n) is 13.6. The molecule has 0 fully saturated rings. The van der Waals surface area contributed by atoms with E-state index in [1.807, 2.05) is 12.2 Å². The summed E-state index contributed by atoms with van der Waals surface area (Å²) in [5.41, 5.74) is 0. The summed E-state index contributed by atoms with van der Waals surface area (Å²) in [6.07, 6.45) is 23.6. The number of allylic oxidation sites excluding steroid dienone is 2. The number of hydrogen-bond donors (Lipinski definition) is 1. The third-order valence-electron chi connectivity index (χ3n) is 7.19.